The quantitative estimate of drug-likeness (QED) is 0.668. The van der Waals surface area contributed by atoms with Crippen LogP contribution in [0.2, 0.25) is 0 Å². The Morgan fingerprint density at radius 3 is 2.50 bits per heavy atom. The average Bonchev–Trinajstić information content (AvgIpc) is 2.62. The van der Waals surface area contributed by atoms with Crippen molar-refractivity contribution in [1.82, 2.24) is 0 Å². The van der Waals surface area contributed by atoms with Gasteiger partial charge in [-0.3, -0.25) is 10.1 Å². The highest BCUT2D eigenvalue weighted by Crippen LogP contribution is 2.19. The zero-order valence-corrected chi connectivity index (χ0v) is 13.8. The Balaban J connectivity index is 1.56. The van der Waals surface area contributed by atoms with Crippen LogP contribution in [0.25, 0.3) is 0 Å². The fourth-order valence-corrected chi connectivity index (χ4v) is 3.11. The molecule has 0 spiro atoms. The molecular weight excluding hydrogens is 306 g/mol. The molecular formula is C18H22N3O3+. The van der Waals surface area contributed by atoms with Gasteiger partial charge in [0.25, 0.3) is 5.69 Å². The smallest absolute Gasteiger partial charge is 0.269 e. The molecule has 0 saturated carbocycles. The molecule has 1 heterocycles. The van der Waals surface area contributed by atoms with Crippen LogP contribution in [-0.4, -0.2) is 38.2 Å². The molecule has 1 aliphatic rings. The van der Waals surface area contributed by atoms with E-state index in [-0.39, 0.29) is 10.6 Å². The second-order valence-electron chi connectivity index (χ2n) is 6.04. The van der Waals surface area contributed by atoms with Gasteiger partial charge >= 0.3 is 0 Å². The van der Waals surface area contributed by atoms with Crippen LogP contribution in [0.1, 0.15) is 5.56 Å². The van der Waals surface area contributed by atoms with Gasteiger partial charge in [-0.15, -0.1) is 0 Å². The van der Waals surface area contributed by atoms with Crippen LogP contribution >= 0.6 is 0 Å². The summed E-state index contributed by atoms with van der Waals surface area (Å²) in [6.45, 7) is 5.00. The lowest BCUT2D eigenvalue weighted by Crippen LogP contribution is -3.13. The number of nitrogens with zero attached hydrogens (tertiary/aromatic N) is 2. The number of ether oxygens (including phenoxy) is 1. The van der Waals surface area contributed by atoms with E-state index in [1.54, 1.807) is 24.1 Å². The van der Waals surface area contributed by atoms with Gasteiger partial charge in [-0.2, -0.15) is 0 Å². The summed E-state index contributed by atoms with van der Waals surface area (Å²) in [6, 6.07) is 15.0. The minimum Gasteiger partial charge on any atom is -0.497 e. The Kier molecular flexibility index (Phi) is 4.96. The van der Waals surface area contributed by atoms with Gasteiger partial charge in [0.2, 0.25) is 0 Å². The second-order valence-corrected chi connectivity index (χ2v) is 6.04. The van der Waals surface area contributed by atoms with E-state index in [0.29, 0.717) is 0 Å². The van der Waals surface area contributed by atoms with E-state index < -0.39 is 0 Å². The largest absolute Gasteiger partial charge is 0.497 e. The molecule has 0 atom stereocenters. The lowest BCUT2D eigenvalue weighted by atomic mass is 10.1. The minimum absolute atomic E-state index is 0.140. The standard InChI is InChI=1S/C18H21N3O3/c1-24-18-4-2-3-15(13-18)14-19-9-11-20(12-10-19)16-5-7-17(8-6-16)21(22)23/h2-8,13H,9-12,14H2,1H3/p+1. The first-order chi connectivity index (χ1) is 11.7. The van der Waals surface area contributed by atoms with Gasteiger partial charge in [0.15, 0.2) is 0 Å². The van der Waals surface area contributed by atoms with Crippen LogP contribution < -0.4 is 14.5 Å². The van der Waals surface area contributed by atoms with E-state index in [1.165, 1.54) is 5.56 Å². The molecule has 24 heavy (non-hydrogen) atoms. The summed E-state index contributed by atoms with van der Waals surface area (Å²) in [5.41, 5.74) is 2.48. The van der Waals surface area contributed by atoms with Gasteiger partial charge in [0.1, 0.15) is 12.3 Å². The van der Waals surface area contributed by atoms with Crippen LogP contribution in [0.3, 0.4) is 0 Å². The Morgan fingerprint density at radius 2 is 1.88 bits per heavy atom. The number of methoxy groups -OCH3 is 1. The van der Waals surface area contributed by atoms with Gasteiger partial charge in [-0.05, 0) is 24.3 Å². The van der Waals surface area contributed by atoms with E-state index in [1.807, 2.05) is 24.3 Å². The van der Waals surface area contributed by atoms with E-state index in [0.717, 1.165) is 44.2 Å². The van der Waals surface area contributed by atoms with Crippen LogP contribution in [-0.2, 0) is 6.54 Å². The maximum Gasteiger partial charge on any atom is 0.269 e. The Labute approximate surface area is 141 Å². The number of nitrogens with one attached hydrogen (secondary N) is 1. The predicted molar refractivity (Wildman–Crippen MR) is 92.7 cm³/mol. The molecule has 1 saturated heterocycles. The summed E-state index contributed by atoms with van der Waals surface area (Å²) in [4.78, 5) is 14.2. The summed E-state index contributed by atoms with van der Waals surface area (Å²) in [5.74, 6) is 0.899. The molecule has 1 aliphatic heterocycles. The number of benzene rings is 2. The van der Waals surface area contributed by atoms with E-state index in [9.17, 15) is 10.1 Å². The molecule has 6 nitrogen and oxygen atoms in total. The third-order valence-electron chi connectivity index (χ3n) is 4.48. The number of anilines is 1. The lowest BCUT2D eigenvalue weighted by Gasteiger charge is -2.33. The maximum absolute atomic E-state index is 10.7. The Bertz CT molecular complexity index is 695. The average molecular weight is 328 g/mol. The molecule has 0 radical (unpaired) electrons. The third-order valence-corrected chi connectivity index (χ3v) is 4.48. The first-order valence-corrected chi connectivity index (χ1v) is 8.11. The van der Waals surface area contributed by atoms with Gasteiger partial charge in [-0.1, -0.05) is 12.1 Å². The summed E-state index contributed by atoms with van der Waals surface area (Å²) in [7, 11) is 1.69. The highest BCUT2D eigenvalue weighted by Gasteiger charge is 2.21. The Hall–Kier alpha value is -2.60. The van der Waals surface area contributed by atoms with Crippen LogP contribution in [0.5, 0.6) is 5.75 Å². The molecule has 2 aromatic rings. The zero-order valence-electron chi connectivity index (χ0n) is 13.8. The first kappa shape index (κ1) is 16.3. The number of rotatable bonds is 5. The fraction of sp³-hybridized carbons (Fsp3) is 0.333. The van der Waals surface area contributed by atoms with Crippen molar-refractivity contribution in [3.63, 3.8) is 0 Å². The molecule has 0 aliphatic carbocycles. The van der Waals surface area contributed by atoms with Crippen molar-refractivity contribution >= 4 is 11.4 Å². The van der Waals surface area contributed by atoms with Crippen molar-refractivity contribution in [2.75, 3.05) is 38.2 Å². The third kappa shape index (κ3) is 3.83. The van der Waals surface area contributed by atoms with Crippen molar-refractivity contribution in [3.8, 4) is 5.75 Å². The minimum atomic E-state index is -0.361. The van der Waals surface area contributed by atoms with E-state index in [4.69, 9.17) is 4.74 Å². The van der Waals surface area contributed by atoms with Crippen LogP contribution in [0.4, 0.5) is 11.4 Å². The second kappa shape index (κ2) is 7.31. The highest BCUT2D eigenvalue weighted by molar-refractivity contribution is 5.51. The Morgan fingerprint density at radius 1 is 1.17 bits per heavy atom. The molecule has 6 heteroatoms. The summed E-state index contributed by atoms with van der Waals surface area (Å²) < 4.78 is 5.28. The number of hydrogen-bond acceptors (Lipinski definition) is 4. The van der Waals surface area contributed by atoms with E-state index >= 15 is 0 Å². The van der Waals surface area contributed by atoms with Crippen molar-refractivity contribution < 1.29 is 14.6 Å². The molecule has 0 bridgehead atoms. The number of hydrogen-bond donors (Lipinski definition) is 1. The molecule has 0 amide bonds. The normalized spacial score (nSPS) is 15.3. The molecule has 1 fully saturated rings. The van der Waals surface area contributed by atoms with Crippen molar-refractivity contribution in [3.05, 3.63) is 64.2 Å². The number of nitro benzene ring substituents is 1. The predicted octanol–water partition coefficient (Wildman–Crippen LogP) is 1.51. The molecule has 0 unspecified atom stereocenters. The van der Waals surface area contributed by atoms with Crippen molar-refractivity contribution in [1.29, 1.82) is 0 Å². The molecule has 0 aromatic heterocycles. The van der Waals surface area contributed by atoms with Crippen LogP contribution in [0, 0.1) is 10.1 Å². The SMILES string of the molecule is COc1cccc(C[NH+]2CCN(c3ccc([N+](=O)[O-])cc3)CC2)c1. The topological polar surface area (TPSA) is 60.0 Å². The van der Waals surface area contributed by atoms with Gasteiger partial charge in [-0.25, -0.2) is 0 Å². The summed E-state index contributed by atoms with van der Waals surface area (Å²) in [5, 5.41) is 10.7. The maximum atomic E-state index is 10.7. The van der Waals surface area contributed by atoms with Crippen molar-refractivity contribution in [2.45, 2.75) is 6.54 Å². The number of quaternary nitrogens is 1. The van der Waals surface area contributed by atoms with E-state index in [2.05, 4.69) is 17.0 Å². The lowest BCUT2D eigenvalue weighted by molar-refractivity contribution is -0.914. The summed E-state index contributed by atoms with van der Waals surface area (Å²) >= 11 is 0. The first-order valence-electron chi connectivity index (χ1n) is 8.11. The van der Waals surface area contributed by atoms with Gasteiger partial charge in [0, 0.05) is 23.4 Å². The number of non-ortho nitro benzene ring substituents is 1. The monoisotopic (exact) mass is 328 g/mol. The number of piperazine rings is 1. The molecule has 1 N–H and O–H groups in total. The summed E-state index contributed by atoms with van der Waals surface area (Å²) in [6.07, 6.45) is 0. The number of nitro groups is 1. The molecule has 2 aromatic carbocycles. The van der Waals surface area contributed by atoms with Gasteiger partial charge in [0.05, 0.1) is 38.2 Å². The molecule has 3 rings (SSSR count). The van der Waals surface area contributed by atoms with Crippen molar-refractivity contribution in [2.24, 2.45) is 0 Å². The fourth-order valence-electron chi connectivity index (χ4n) is 3.11. The zero-order chi connectivity index (χ0) is 16.9. The molecule has 126 valence electrons. The van der Waals surface area contributed by atoms with Gasteiger partial charge < -0.3 is 14.5 Å². The highest BCUT2D eigenvalue weighted by atomic mass is 16.6. The van der Waals surface area contributed by atoms with Crippen LogP contribution in [0.15, 0.2) is 48.5 Å².